The number of halogens is 4. The van der Waals surface area contributed by atoms with Crippen molar-refractivity contribution in [3.8, 4) is 0 Å². The molecule has 1 atom stereocenters. The van der Waals surface area contributed by atoms with Gasteiger partial charge in [0.25, 0.3) is 11.8 Å². The van der Waals surface area contributed by atoms with Gasteiger partial charge in [-0.15, -0.1) is 0 Å². The first-order valence-electron chi connectivity index (χ1n) is 15.0. The smallest absolute Gasteiger partial charge is 0.318 e. The number of ether oxygens (including phenoxy) is 1. The number of urea groups is 1. The minimum Gasteiger partial charge on any atom is -0.438 e. The molecule has 2 saturated carbocycles. The SMILES string of the molecule is O=C(N[C@H](c1nc2cc(C3(N4CC(F)(F)CNC4=O)CCOCC3)ccc2o1)C1CCC(F)(F)CC1)c1nonc1C1CC1. The van der Waals surface area contributed by atoms with Crippen LogP contribution in [0.5, 0.6) is 0 Å². The third-order valence-electron chi connectivity index (χ3n) is 9.39. The van der Waals surface area contributed by atoms with E-state index in [2.05, 4.69) is 25.9 Å². The first-order valence-corrected chi connectivity index (χ1v) is 15.0. The number of hydrogen-bond donors (Lipinski definition) is 2. The molecule has 4 aliphatic rings. The van der Waals surface area contributed by atoms with E-state index in [0.29, 0.717) is 35.2 Å². The highest BCUT2D eigenvalue weighted by molar-refractivity contribution is 5.93. The van der Waals surface area contributed by atoms with Crippen molar-refractivity contribution in [2.45, 2.75) is 80.7 Å². The molecule has 11 nitrogen and oxygen atoms in total. The first-order chi connectivity index (χ1) is 21.0. The minimum absolute atomic E-state index is 0.0510. The molecular weight excluding hydrogens is 588 g/mol. The van der Waals surface area contributed by atoms with Crippen LogP contribution in [0.15, 0.2) is 27.2 Å². The summed E-state index contributed by atoms with van der Waals surface area (Å²) in [6.45, 7) is -0.913. The van der Waals surface area contributed by atoms with Crippen LogP contribution in [0.4, 0.5) is 22.4 Å². The number of aromatic nitrogens is 3. The predicted molar refractivity (Wildman–Crippen MR) is 144 cm³/mol. The Morgan fingerprint density at radius 1 is 1.02 bits per heavy atom. The third kappa shape index (κ3) is 5.39. The van der Waals surface area contributed by atoms with Crippen molar-refractivity contribution >= 4 is 23.0 Å². The lowest BCUT2D eigenvalue weighted by Gasteiger charge is -2.49. The van der Waals surface area contributed by atoms with Gasteiger partial charge in [-0.05, 0) is 67.3 Å². The van der Waals surface area contributed by atoms with Gasteiger partial charge in [0, 0.05) is 32.0 Å². The number of rotatable bonds is 7. The summed E-state index contributed by atoms with van der Waals surface area (Å²) in [6.07, 6.45) is 1.95. The van der Waals surface area contributed by atoms with E-state index in [1.807, 2.05) is 0 Å². The van der Waals surface area contributed by atoms with Gasteiger partial charge < -0.3 is 24.7 Å². The van der Waals surface area contributed by atoms with Gasteiger partial charge in [-0.2, -0.15) is 0 Å². The molecule has 2 N–H and O–H groups in total. The number of oxazole rings is 1. The molecule has 0 spiro atoms. The molecule has 3 amide bonds. The van der Waals surface area contributed by atoms with E-state index in [0.717, 1.165) is 12.8 Å². The van der Waals surface area contributed by atoms with Crippen LogP contribution in [0, 0.1) is 5.92 Å². The Morgan fingerprint density at radius 3 is 2.50 bits per heavy atom. The molecule has 2 aliphatic carbocycles. The molecule has 4 heterocycles. The van der Waals surface area contributed by atoms with E-state index in [4.69, 9.17) is 13.8 Å². The fourth-order valence-corrected chi connectivity index (χ4v) is 6.76. The van der Waals surface area contributed by atoms with Gasteiger partial charge in [-0.1, -0.05) is 11.2 Å². The number of benzene rings is 1. The molecular formula is C29H32F4N6O5. The molecule has 44 heavy (non-hydrogen) atoms. The Kier molecular flexibility index (Phi) is 7.05. The minimum atomic E-state index is -3.11. The average Bonchev–Trinajstić information content (AvgIpc) is 3.56. The number of carbonyl (C=O) groups excluding carboxylic acids is 2. The van der Waals surface area contributed by atoms with Crippen LogP contribution in [0.3, 0.4) is 0 Å². The fourth-order valence-electron chi connectivity index (χ4n) is 6.76. The fraction of sp³-hybridized carbons (Fsp3) is 0.621. The molecule has 2 aromatic heterocycles. The number of fused-ring (bicyclic) bond motifs is 1. The number of amides is 3. The normalized spacial score (nSPS) is 24.2. The third-order valence-corrected chi connectivity index (χ3v) is 9.39. The molecule has 0 bridgehead atoms. The average molecular weight is 621 g/mol. The number of alkyl halides is 4. The molecule has 0 unspecified atom stereocenters. The van der Waals surface area contributed by atoms with E-state index in [1.54, 1.807) is 18.2 Å². The Morgan fingerprint density at radius 2 is 1.77 bits per heavy atom. The van der Waals surface area contributed by atoms with E-state index >= 15 is 0 Å². The van der Waals surface area contributed by atoms with Crippen molar-refractivity contribution in [1.82, 2.24) is 30.8 Å². The zero-order chi connectivity index (χ0) is 30.7. The second kappa shape index (κ2) is 10.7. The Labute approximate surface area is 249 Å². The zero-order valence-electron chi connectivity index (χ0n) is 23.8. The van der Waals surface area contributed by atoms with Gasteiger partial charge in [0.2, 0.25) is 11.8 Å². The Balaban J connectivity index is 1.23. The molecule has 3 aromatic rings. The number of hydrogen-bond acceptors (Lipinski definition) is 8. The summed E-state index contributed by atoms with van der Waals surface area (Å²) in [7, 11) is 0. The summed E-state index contributed by atoms with van der Waals surface area (Å²) in [5, 5.41) is 12.9. The predicted octanol–water partition coefficient (Wildman–Crippen LogP) is 5.05. The number of nitrogens with one attached hydrogen (secondary N) is 2. The van der Waals surface area contributed by atoms with Crippen LogP contribution >= 0.6 is 0 Å². The number of carbonyl (C=O) groups is 2. The molecule has 2 aliphatic heterocycles. The van der Waals surface area contributed by atoms with Crippen LogP contribution < -0.4 is 10.6 Å². The van der Waals surface area contributed by atoms with E-state index in [-0.39, 0.29) is 56.4 Å². The molecule has 15 heteroatoms. The van der Waals surface area contributed by atoms with E-state index in [1.165, 1.54) is 4.90 Å². The van der Waals surface area contributed by atoms with Crippen molar-refractivity contribution in [2.24, 2.45) is 5.92 Å². The Hall–Kier alpha value is -3.75. The van der Waals surface area contributed by atoms with Crippen LogP contribution in [0.2, 0.25) is 0 Å². The van der Waals surface area contributed by atoms with Crippen LogP contribution in [0.1, 0.15) is 91.0 Å². The first kappa shape index (κ1) is 29.0. The monoisotopic (exact) mass is 620 g/mol. The molecule has 1 aromatic carbocycles. The van der Waals surface area contributed by atoms with Crippen molar-refractivity contribution in [3.63, 3.8) is 0 Å². The number of nitrogens with zero attached hydrogens (tertiary/aromatic N) is 4. The van der Waals surface area contributed by atoms with Gasteiger partial charge in [-0.3, -0.25) is 4.79 Å². The summed E-state index contributed by atoms with van der Waals surface area (Å²) >= 11 is 0. The lowest BCUT2D eigenvalue weighted by molar-refractivity contribution is -0.0868. The topological polar surface area (TPSA) is 136 Å². The van der Waals surface area contributed by atoms with Gasteiger partial charge in [0.05, 0.1) is 18.6 Å². The lowest BCUT2D eigenvalue weighted by atomic mass is 9.80. The lowest BCUT2D eigenvalue weighted by Crippen LogP contribution is -2.64. The van der Waals surface area contributed by atoms with Crippen LogP contribution in [-0.4, -0.2) is 70.3 Å². The zero-order valence-corrected chi connectivity index (χ0v) is 23.8. The maximum atomic E-state index is 14.5. The molecule has 7 rings (SSSR count). The van der Waals surface area contributed by atoms with Crippen molar-refractivity contribution in [1.29, 1.82) is 0 Å². The van der Waals surface area contributed by atoms with Crippen molar-refractivity contribution in [2.75, 3.05) is 26.3 Å². The van der Waals surface area contributed by atoms with Crippen molar-refractivity contribution in [3.05, 3.63) is 41.0 Å². The van der Waals surface area contributed by atoms with E-state index < -0.39 is 54.4 Å². The summed E-state index contributed by atoms with van der Waals surface area (Å²) in [6, 6.07) is 3.65. The van der Waals surface area contributed by atoms with Gasteiger partial charge >= 0.3 is 6.03 Å². The van der Waals surface area contributed by atoms with Gasteiger partial charge in [0.1, 0.15) is 17.3 Å². The molecule has 2 saturated heterocycles. The molecule has 0 radical (unpaired) electrons. The Bertz CT molecular complexity index is 1560. The largest absolute Gasteiger partial charge is 0.438 e. The molecule has 236 valence electrons. The summed E-state index contributed by atoms with van der Waals surface area (Å²) < 4.78 is 73.7. The second-order valence-corrected chi connectivity index (χ2v) is 12.4. The standard InChI is InChI=1S/C29H32F4N6O5/c30-28(31)7-5-17(6-8-28)22(36-24(40)23-21(16-1-2-16)37-44-38-23)25-35-19-13-18(3-4-20(19)43-25)27(9-11-42-12-10-27)39-15-29(32,33)14-34-26(39)41/h3-4,13,16-17,22H,1-2,5-12,14-15H2,(H,34,41)(H,36,40)/t22-/m0/s1. The van der Waals surface area contributed by atoms with Crippen molar-refractivity contribution < 1.29 is 40.9 Å². The summed E-state index contributed by atoms with van der Waals surface area (Å²) in [4.78, 5) is 32.2. The highest BCUT2D eigenvalue weighted by Crippen LogP contribution is 2.45. The highest BCUT2D eigenvalue weighted by Gasteiger charge is 2.50. The van der Waals surface area contributed by atoms with Crippen LogP contribution in [-0.2, 0) is 10.3 Å². The maximum Gasteiger partial charge on any atom is 0.318 e. The van der Waals surface area contributed by atoms with E-state index in [9.17, 15) is 27.2 Å². The highest BCUT2D eigenvalue weighted by atomic mass is 19.3. The summed E-state index contributed by atoms with van der Waals surface area (Å²) in [5.41, 5.74) is 0.794. The quantitative estimate of drug-likeness (QED) is 0.351. The summed E-state index contributed by atoms with van der Waals surface area (Å²) in [5.74, 6) is -6.62. The van der Waals surface area contributed by atoms with Gasteiger partial charge in [-0.25, -0.2) is 32.0 Å². The van der Waals surface area contributed by atoms with Gasteiger partial charge in [0.15, 0.2) is 11.3 Å². The second-order valence-electron chi connectivity index (χ2n) is 12.4. The molecule has 4 fully saturated rings. The maximum absolute atomic E-state index is 14.5. The van der Waals surface area contributed by atoms with Crippen LogP contribution in [0.25, 0.3) is 11.1 Å².